The number of rotatable bonds is 5. The third-order valence-electron chi connectivity index (χ3n) is 1.81. The van der Waals surface area contributed by atoms with Crippen LogP contribution in [0, 0.1) is 0 Å². The monoisotopic (exact) mass is 230 g/mol. The van der Waals surface area contributed by atoms with E-state index in [4.69, 9.17) is 4.74 Å². The lowest BCUT2D eigenvalue weighted by Crippen LogP contribution is -2.49. The van der Waals surface area contributed by atoms with Crippen molar-refractivity contribution in [3.05, 3.63) is 0 Å². The first-order chi connectivity index (χ1) is 7.38. The largest absolute Gasteiger partial charge is 0.464 e. The Kier molecular flexibility index (Phi) is 6.14. The lowest BCUT2D eigenvalue weighted by atomic mass is 10.2. The molecule has 0 aromatic heterocycles. The van der Waals surface area contributed by atoms with Crippen LogP contribution in [0.3, 0.4) is 0 Å². The Balaban J connectivity index is 4.12. The highest BCUT2D eigenvalue weighted by Gasteiger charge is 2.20. The number of carbonyl (C=O) groups excluding carboxylic acids is 3. The standard InChI is InChI=1S/C10H18N2O4/c1-5-16-10(15)7(3)12-9(14)6(2)11-8(4)13/h6-7H,5H2,1-4H3,(H,11,13)(H,12,14)/t6-,7-/m0/s1. The quantitative estimate of drug-likeness (QED) is 0.628. The van der Waals surface area contributed by atoms with E-state index in [9.17, 15) is 14.4 Å². The van der Waals surface area contributed by atoms with Gasteiger partial charge in [0, 0.05) is 6.92 Å². The summed E-state index contributed by atoms with van der Waals surface area (Å²) in [6.45, 7) is 6.33. The molecule has 92 valence electrons. The molecule has 0 spiro atoms. The minimum absolute atomic E-state index is 0.264. The topological polar surface area (TPSA) is 84.5 Å². The zero-order chi connectivity index (χ0) is 12.7. The van der Waals surface area contributed by atoms with Crippen LogP contribution in [-0.4, -0.2) is 36.5 Å². The van der Waals surface area contributed by atoms with Crippen LogP contribution in [0.25, 0.3) is 0 Å². The number of amides is 2. The summed E-state index contributed by atoms with van der Waals surface area (Å²) in [4.78, 5) is 33.4. The van der Waals surface area contributed by atoms with Crippen LogP contribution in [0.4, 0.5) is 0 Å². The van der Waals surface area contributed by atoms with E-state index in [-0.39, 0.29) is 12.5 Å². The van der Waals surface area contributed by atoms with Gasteiger partial charge in [-0.15, -0.1) is 0 Å². The third-order valence-corrected chi connectivity index (χ3v) is 1.81. The summed E-state index contributed by atoms with van der Waals surface area (Å²) < 4.78 is 4.72. The highest BCUT2D eigenvalue weighted by Crippen LogP contribution is 1.90. The molecule has 0 aliphatic carbocycles. The van der Waals surface area contributed by atoms with Crippen molar-refractivity contribution in [1.82, 2.24) is 10.6 Å². The molecule has 0 fully saturated rings. The van der Waals surface area contributed by atoms with Crippen molar-refractivity contribution in [3.8, 4) is 0 Å². The molecule has 0 aromatic rings. The van der Waals surface area contributed by atoms with Crippen LogP contribution >= 0.6 is 0 Å². The zero-order valence-corrected chi connectivity index (χ0v) is 9.99. The molecule has 0 saturated heterocycles. The molecule has 2 N–H and O–H groups in total. The van der Waals surface area contributed by atoms with Gasteiger partial charge in [-0.2, -0.15) is 0 Å². The molecule has 2 atom stereocenters. The third kappa shape index (κ3) is 5.33. The van der Waals surface area contributed by atoms with E-state index < -0.39 is 24.0 Å². The lowest BCUT2D eigenvalue weighted by molar-refractivity contribution is -0.147. The van der Waals surface area contributed by atoms with Crippen LogP contribution < -0.4 is 10.6 Å². The lowest BCUT2D eigenvalue weighted by Gasteiger charge is -2.16. The maximum Gasteiger partial charge on any atom is 0.328 e. The van der Waals surface area contributed by atoms with Crippen molar-refractivity contribution in [2.45, 2.75) is 39.8 Å². The Bertz CT molecular complexity index is 278. The van der Waals surface area contributed by atoms with E-state index in [1.165, 1.54) is 20.8 Å². The van der Waals surface area contributed by atoms with Gasteiger partial charge in [0.25, 0.3) is 0 Å². The first-order valence-electron chi connectivity index (χ1n) is 5.12. The van der Waals surface area contributed by atoms with Crippen LogP contribution in [-0.2, 0) is 19.1 Å². The SMILES string of the molecule is CCOC(=O)[C@H](C)NC(=O)[C@H](C)NC(C)=O. The molecular formula is C10H18N2O4. The smallest absolute Gasteiger partial charge is 0.328 e. The Morgan fingerprint density at radius 2 is 1.69 bits per heavy atom. The van der Waals surface area contributed by atoms with Gasteiger partial charge < -0.3 is 15.4 Å². The van der Waals surface area contributed by atoms with E-state index in [1.807, 2.05) is 0 Å². The summed E-state index contributed by atoms with van der Waals surface area (Å²) in [7, 11) is 0. The Morgan fingerprint density at radius 1 is 1.12 bits per heavy atom. The number of hydrogen-bond donors (Lipinski definition) is 2. The molecule has 0 bridgehead atoms. The van der Waals surface area contributed by atoms with Crippen molar-refractivity contribution < 1.29 is 19.1 Å². The average Bonchev–Trinajstić information content (AvgIpc) is 2.16. The summed E-state index contributed by atoms with van der Waals surface area (Å²) in [5.74, 6) is -1.21. The number of carbonyl (C=O) groups is 3. The fourth-order valence-corrected chi connectivity index (χ4v) is 1.04. The second kappa shape index (κ2) is 6.81. The molecule has 0 heterocycles. The van der Waals surface area contributed by atoms with Crippen LogP contribution in [0.1, 0.15) is 27.7 Å². The second-order valence-corrected chi connectivity index (χ2v) is 3.40. The van der Waals surface area contributed by atoms with Gasteiger partial charge >= 0.3 is 5.97 Å². The van der Waals surface area contributed by atoms with Gasteiger partial charge in [0.1, 0.15) is 12.1 Å². The number of esters is 1. The van der Waals surface area contributed by atoms with E-state index in [0.717, 1.165) is 0 Å². The van der Waals surface area contributed by atoms with Crippen LogP contribution in [0.5, 0.6) is 0 Å². The van der Waals surface area contributed by atoms with Crippen molar-refractivity contribution in [2.75, 3.05) is 6.61 Å². The minimum Gasteiger partial charge on any atom is -0.464 e. The Labute approximate surface area is 94.7 Å². The van der Waals surface area contributed by atoms with E-state index >= 15 is 0 Å². The molecule has 0 aromatic carbocycles. The Hall–Kier alpha value is -1.59. The van der Waals surface area contributed by atoms with Crippen molar-refractivity contribution in [2.24, 2.45) is 0 Å². The fourth-order valence-electron chi connectivity index (χ4n) is 1.04. The number of ether oxygens (including phenoxy) is 1. The molecule has 0 saturated carbocycles. The molecule has 6 nitrogen and oxygen atoms in total. The van der Waals surface area contributed by atoms with Gasteiger partial charge in [0.2, 0.25) is 11.8 Å². The van der Waals surface area contributed by atoms with Gasteiger partial charge in [-0.1, -0.05) is 0 Å². The van der Waals surface area contributed by atoms with E-state index in [2.05, 4.69) is 10.6 Å². The highest BCUT2D eigenvalue weighted by atomic mass is 16.5. The van der Waals surface area contributed by atoms with Gasteiger partial charge in [0.05, 0.1) is 6.61 Å². The molecule has 0 aliphatic heterocycles. The van der Waals surface area contributed by atoms with E-state index in [0.29, 0.717) is 0 Å². The van der Waals surface area contributed by atoms with E-state index in [1.54, 1.807) is 6.92 Å². The molecule has 0 unspecified atom stereocenters. The molecule has 0 aliphatic rings. The molecule has 2 amide bonds. The molecule has 0 radical (unpaired) electrons. The fraction of sp³-hybridized carbons (Fsp3) is 0.700. The van der Waals surface area contributed by atoms with Gasteiger partial charge in [-0.3, -0.25) is 9.59 Å². The molecule has 6 heteroatoms. The maximum absolute atomic E-state index is 11.5. The summed E-state index contributed by atoms with van der Waals surface area (Å²) in [5, 5.41) is 4.86. The van der Waals surface area contributed by atoms with Gasteiger partial charge in [-0.05, 0) is 20.8 Å². The summed E-state index contributed by atoms with van der Waals surface area (Å²) in [5.41, 5.74) is 0. The van der Waals surface area contributed by atoms with Crippen LogP contribution in [0.2, 0.25) is 0 Å². The van der Waals surface area contributed by atoms with Crippen molar-refractivity contribution >= 4 is 17.8 Å². The first-order valence-corrected chi connectivity index (χ1v) is 5.12. The molecule has 0 rings (SSSR count). The minimum atomic E-state index is -0.719. The number of hydrogen-bond acceptors (Lipinski definition) is 4. The maximum atomic E-state index is 11.5. The van der Waals surface area contributed by atoms with Crippen molar-refractivity contribution in [1.29, 1.82) is 0 Å². The number of nitrogens with one attached hydrogen (secondary N) is 2. The molecular weight excluding hydrogens is 212 g/mol. The normalized spacial score (nSPS) is 13.5. The predicted molar refractivity (Wildman–Crippen MR) is 57.5 cm³/mol. The average molecular weight is 230 g/mol. The summed E-state index contributed by atoms with van der Waals surface area (Å²) in [6, 6.07) is -1.39. The zero-order valence-electron chi connectivity index (χ0n) is 9.99. The summed E-state index contributed by atoms with van der Waals surface area (Å²) in [6.07, 6.45) is 0. The Morgan fingerprint density at radius 3 is 2.12 bits per heavy atom. The van der Waals surface area contributed by atoms with Crippen molar-refractivity contribution in [3.63, 3.8) is 0 Å². The predicted octanol–water partition coefficient (Wildman–Crippen LogP) is -0.421. The van der Waals surface area contributed by atoms with Gasteiger partial charge in [0.15, 0.2) is 0 Å². The summed E-state index contributed by atoms with van der Waals surface area (Å²) >= 11 is 0. The van der Waals surface area contributed by atoms with Crippen LogP contribution in [0.15, 0.2) is 0 Å². The van der Waals surface area contributed by atoms with Gasteiger partial charge in [-0.25, -0.2) is 4.79 Å². The second-order valence-electron chi connectivity index (χ2n) is 3.40. The first kappa shape index (κ1) is 14.4. The molecule has 16 heavy (non-hydrogen) atoms. The highest BCUT2D eigenvalue weighted by molar-refractivity contribution is 5.89.